The average Bonchev–Trinajstić information content (AvgIpc) is 3.24. The van der Waals surface area contributed by atoms with Crippen LogP contribution in [0.25, 0.3) is 17.0 Å². The Balaban J connectivity index is 1.34. The summed E-state index contributed by atoms with van der Waals surface area (Å²) < 4.78 is 5.23. The van der Waals surface area contributed by atoms with Gasteiger partial charge in [0, 0.05) is 57.7 Å². The van der Waals surface area contributed by atoms with Crippen LogP contribution in [-0.2, 0) is 14.3 Å². The van der Waals surface area contributed by atoms with Crippen LogP contribution in [0.3, 0.4) is 0 Å². The first-order valence-corrected chi connectivity index (χ1v) is 10.4. The molecular formula is C23H26N4O4. The molecule has 162 valence electrons. The molecule has 1 saturated heterocycles. The summed E-state index contributed by atoms with van der Waals surface area (Å²) in [6, 6.07) is 9.95. The highest BCUT2D eigenvalue weighted by Crippen LogP contribution is 2.27. The van der Waals surface area contributed by atoms with E-state index in [9.17, 15) is 14.7 Å². The van der Waals surface area contributed by atoms with Gasteiger partial charge in [0.05, 0.1) is 6.54 Å². The summed E-state index contributed by atoms with van der Waals surface area (Å²) in [6.07, 6.45) is 6.72. The van der Waals surface area contributed by atoms with Crippen molar-refractivity contribution in [2.75, 3.05) is 39.8 Å². The zero-order valence-corrected chi connectivity index (χ0v) is 17.5. The van der Waals surface area contributed by atoms with Crippen molar-refractivity contribution in [1.29, 1.82) is 0 Å². The summed E-state index contributed by atoms with van der Waals surface area (Å²) in [4.78, 5) is 36.5. The minimum atomic E-state index is -1.20. The van der Waals surface area contributed by atoms with Crippen molar-refractivity contribution < 1.29 is 19.4 Å². The fourth-order valence-electron chi connectivity index (χ4n) is 4.15. The summed E-state index contributed by atoms with van der Waals surface area (Å²) in [5.41, 5.74) is 2.12. The van der Waals surface area contributed by atoms with Crippen LogP contribution in [0.4, 0.5) is 0 Å². The number of benzene rings is 1. The van der Waals surface area contributed by atoms with Gasteiger partial charge in [0.2, 0.25) is 5.91 Å². The topological polar surface area (TPSA) is 95.9 Å². The molecule has 31 heavy (non-hydrogen) atoms. The number of ether oxygens (including phenoxy) is 1. The molecule has 8 heteroatoms. The first-order chi connectivity index (χ1) is 15.0. The average molecular weight is 422 g/mol. The normalized spacial score (nSPS) is 21.7. The van der Waals surface area contributed by atoms with Crippen molar-refractivity contribution >= 4 is 17.4 Å². The summed E-state index contributed by atoms with van der Waals surface area (Å²) in [5, 5.41) is 9.42. The van der Waals surface area contributed by atoms with Gasteiger partial charge < -0.3 is 14.7 Å². The predicted octanol–water partition coefficient (Wildman–Crippen LogP) is 1.93. The fraction of sp³-hybridized carbons (Fsp3) is 0.391. The van der Waals surface area contributed by atoms with Gasteiger partial charge in [-0.15, -0.1) is 0 Å². The Morgan fingerprint density at radius 3 is 2.42 bits per heavy atom. The van der Waals surface area contributed by atoms with E-state index in [2.05, 4.69) is 28.2 Å². The molecule has 1 N–H and O–H groups in total. The molecule has 0 saturated carbocycles. The van der Waals surface area contributed by atoms with Gasteiger partial charge in [-0.2, -0.15) is 0 Å². The molecule has 2 aliphatic rings. The third-order valence-corrected chi connectivity index (χ3v) is 6.09. The summed E-state index contributed by atoms with van der Waals surface area (Å²) >= 11 is 0. The SMILES string of the molecule is CO[C@@]1(C(=O)O)CCN(CC(=O)N2CC=C(c3ccc(-c4ncccn4)cc3)CC2)C1. The van der Waals surface area contributed by atoms with Crippen molar-refractivity contribution in [3.63, 3.8) is 0 Å². The third-order valence-electron chi connectivity index (χ3n) is 6.09. The van der Waals surface area contributed by atoms with Crippen LogP contribution in [0, 0.1) is 0 Å². The molecule has 3 heterocycles. The van der Waals surface area contributed by atoms with E-state index in [4.69, 9.17) is 4.74 Å². The summed E-state index contributed by atoms with van der Waals surface area (Å²) in [5.74, 6) is -0.254. The third kappa shape index (κ3) is 4.50. The predicted molar refractivity (Wildman–Crippen MR) is 115 cm³/mol. The van der Waals surface area contributed by atoms with Gasteiger partial charge >= 0.3 is 5.97 Å². The Bertz CT molecular complexity index is 977. The van der Waals surface area contributed by atoms with Crippen molar-refractivity contribution in [1.82, 2.24) is 19.8 Å². The molecule has 1 fully saturated rings. The van der Waals surface area contributed by atoms with Crippen molar-refractivity contribution in [3.05, 3.63) is 54.4 Å². The van der Waals surface area contributed by atoms with Gasteiger partial charge in [-0.1, -0.05) is 30.3 Å². The number of amides is 1. The fourth-order valence-corrected chi connectivity index (χ4v) is 4.15. The quantitative estimate of drug-likeness (QED) is 0.760. The Hall–Kier alpha value is -3.10. The number of likely N-dealkylation sites (tertiary alicyclic amines) is 1. The van der Waals surface area contributed by atoms with Crippen LogP contribution in [0.2, 0.25) is 0 Å². The van der Waals surface area contributed by atoms with E-state index in [1.807, 2.05) is 21.9 Å². The number of carbonyl (C=O) groups excluding carboxylic acids is 1. The van der Waals surface area contributed by atoms with E-state index in [0.29, 0.717) is 31.9 Å². The highest BCUT2D eigenvalue weighted by molar-refractivity contribution is 5.81. The second-order valence-corrected chi connectivity index (χ2v) is 7.93. The number of hydrogen-bond acceptors (Lipinski definition) is 6. The van der Waals surface area contributed by atoms with E-state index >= 15 is 0 Å². The zero-order valence-electron chi connectivity index (χ0n) is 17.5. The lowest BCUT2D eigenvalue weighted by atomic mass is 9.98. The molecule has 2 aliphatic heterocycles. The highest BCUT2D eigenvalue weighted by atomic mass is 16.5. The molecule has 1 aromatic carbocycles. The van der Waals surface area contributed by atoms with Gasteiger partial charge in [-0.3, -0.25) is 9.69 Å². The number of rotatable bonds is 6. The molecule has 1 amide bonds. The molecule has 0 unspecified atom stereocenters. The molecular weight excluding hydrogens is 396 g/mol. The lowest BCUT2D eigenvalue weighted by Crippen LogP contribution is -2.46. The van der Waals surface area contributed by atoms with Gasteiger partial charge in [-0.05, 0) is 23.6 Å². The number of aliphatic carboxylic acids is 1. The number of methoxy groups -OCH3 is 1. The summed E-state index contributed by atoms with van der Waals surface area (Å²) in [6.45, 7) is 2.19. The van der Waals surface area contributed by atoms with Crippen LogP contribution in [0.15, 0.2) is 48.8 Å². The van der Waals surface area contributed by atoms with Gasteiger partial charge in [0.1, 0.15) is 0 Å². The van der Waals surface area contributed by atoms with Gasteiger partial charge in [0.15, 0.2) is 11.4 Å². The van der Waals surface area contributed by atoms with E-state index in [-0.39, 0.29) is 19.0 Å². The minimum absolute atomic E-state index is 0.0177. The second-order valence-electron chi connectivity index (χ2n) is 7.93. The largest absolute Gasteiger partial charge is 0.479 e. The number of carbonyl (C=O) groups is 2. The Morgan fingerprint density at radius 2 is 1.84 bits per heavy atom. The molecule has 1 atom stereocenters. The van der Waals surface area contributed by atoms with E-state index in [1.54, 1.807) is 18.5 Å². The number of hydrogen-bond donors (Lipinski definition) is 1. The number of carboxylic acid groups (broad SMARTS) is 1. The van der Waals surface area contributed by atoms with Crippen molar-refractivity contribution in [2.24, 2.45) is 0 Å². The number of aromatic nitrogens is 2. The molecule has 0 radical (unpaired) electrons. The maximum atomic E-state index is 12.7. The first kappa shape index (κ1) is 21.1. The Kier molecular flexibility index (Phi) is 6.11. The molecule has 0 bridgehead atoms. The van der Waals surface area contributed by atoms with Gasteiger partial charge in [-0.25, -0.2) is 14.8 Å². The molecule has 2 aromatic rings. The molecule has 0 spiro atoms. The minimum Gasteiger partial charge on any atom is -0.479 e. The van der Waals surface area contributed by atoms with Crippen LogP contribution in [0.1, 0.15) is 18.4 Å². The molecule has 1 aromatic heterocycles. The van der Waals surface area contributed by atoms with E-state index in [0.717, 1.165) is 17.5 Å². The smallest absolute Gasteiger partial charge is 0.337 e. The van der Waals surface area contributed by atoms with Crippen molar-refractivity contribution in [3.8, 4) is 11.4 Å². The Labute approximate surface area is 181 Å². The molecule has 0 aliphatic carbocycles. The lowest BCUT2D eigenvalue weighted by molar-refractivity contribution is -0.160. The monoisotopic (exact) mass is 422 g/mol. The van der Waals surface area contributed by atoms with Gasteiger partial charge in [0.25, 0.3) is 0 Å². The molecule has 4 rings (SSSR count). The van der Waals surface area contributed by atoms with Crippen molar-refractivity contribution in [2.45, 2.75) is 18.4 Å². The maximum absolute atomic E-state index is 12.7. The molecule has 8 nitrogen and oxygen atoms in total. The van der Waals surface area contributed by atoms with E-state index < -0.39 is 11.6 Å². The van der Waals surface area contributed by atoms with Crippen LogP contribution >= 0.6 is 0 Å². The first-order valence-electron chi connectivity index (χ1n) is 10.4. The van der Waals surface area contributed by atoms with E-state index in [1.165, 1.54) is 12.7 Å². The number of carboxylic acids is 1. The maximum Gasteiger partial charge on any atom is 0.337 e. The standard InChI is InChI=1S/C23H26N4O4/c1-31-23(22(29)30)9-14-26(16-23)15-20(28)27-12-7-18(8-13-27)17-3-5-19(6-4-17)21-24-10-2-11-25-21/h2-7,10-11H,8-9,12-16H2,1H3,(H,29,30)/t23-/m0/s1. The van der Waals surface area contributed by atoms with Crippen LogP contribution in [0.5, 0.6) is 0 Å². The summed E-state index contributed by atoms with van der Waals surface area (Å²) in [7, 11) is 1.41. The van der Waals surface area contributed by atoms with Crippen LogP contribution < -0.4 is 0 Å². The highest BCUT2D eigenvalue weighted by Gasteiger charge is 2.45. The Morgan fingerprint density at radius 1 is 1.13 bits per heavy atom. The second kappa shape index (κ2) is 8.95. The number of nitrogens with zero attached hydrogens (tertiary/aromatic N) is 4. The lowest BCUT2D eigenvalue weighted by Gasteiger charge is -2.29. The zero-order chi connectivity index (χ0) is 21.8. The van der Waals surface area contributed by atoms with Crippen LogP contribution in [-0.4, -0.2) is 82.2 Å².